The van der Waals surface area contributed by atoms with E-state index in [1.165, 1.54) is 23.9 Å². The van der Waals surface area contributed by atoms with E-state index in [-0.39, 0.29) is 24.3 Å². The standard InChI is InChI=1S/C23H22ClFN2O2S/c24-19-8-4-3-7-16(19)14-26-20-10-9-17(25)13-18(20)23(22(26)29)27(11-12-30-23)21(28)15-5-1-2-6-15/h3-4,7-10,13,15H,1-2,5-6,11-12,14H2/t23-/m0/s1. The van der Waals surface area contributed by atoms with E-state index < -0.39 is 10.7 Å². The van der Waals surface area contributed by atoms with Gasteiger partial charge < -0.3 is 9.80 Å². The van der Waals surface area contributed by atoms with Gasteiger partial charge >= 0.3 is 0 Å². The number of carbonyl (C=O) groups is 2. The van der Waals surface area contributed by atoms with Crippen LogP contribution in [0.5, 0.6) is 0 Å². The van der Waals surface area contributed by atoms with Crippen LogP contribution in [0.3, 0.4) is 0 Å². The maximum absolute atomic E-state index is 14.3. The molecule has 0 radical (unpaired) electrons. The molecule has 1 atom stereocenters. The van der Waals surface area contributed by atoms with Crippen molar-refractivity contribution in [1.29, 1.82) is 0 Å². The summed E-state index contributed by atoms with van der Waals surface area (Å²) in [4.78, 5) is 29.5. The van der Waals surface area contributed by atoms with Gasteiger partial charge in [-0.2, -0.15) is 0 Å². The van der Waals surface area contributed by atoms with Gasteiger partial charge in [0.05, 0.1) is 12.2 Å². The van der Waals surface area contributed by atoms with Gasteiger partial charge in [0.1, 0.15) is 5.82 Å². The lowest BCUT2D eigenvalue weighted by Crippen LogP contribution is -2.51. The SMILES string of the molecule is O=C(C1CCCC1)N1CCS[C@@]12C(=O)N(Cc1ccccc1Cl)c1ccc(F)cc12. The highest BCUT2D eigenvalue weighted by Crippen LogP contribution is 2.55. The van der Waals surface area contributed by atoms with Gasteiger partial charge in [0.2, 0.25) is 5.91 Å². The smallest absolute Gasteiger partial charge is 0.268 e. The summed E-state index contributed by atoms with van der Waals surface area (Å²) in [6, 6.07) is 11.8. The second-order valence-corrected chi connectivity index (χ2v) is 9.80. The molecule has 0 bridgehead atoms. The number of nitrogens with zero attached hydrogens (tertiary/aromatic N) is 2. The van der Waals surface area contributed by atoms with Gasteiger partial charge in [-0.3, -0.25) is 9.59 Å². The van der Waals surface area contributed by atoms with Crippen molar-refractivity contribution in [3.05, 3.63) is 64.4 Å². The third kappa shape index (κ3) is 2.95. The Labute approximate surface area is 184 Å². The summed E-state index contributed by atoms with van der Waals surface area (Å²) < 4.78 is 14.3. The lowest BCUT2D eigenvalue weighted by Gasteiger charge is -2.34. The van der Waals surface area contributed by atoms with Crippen molar-refractivity contribution in [3.8, 4) is 0 Å². The quantitative estimate of drug-likeness (QED) is 0.673. The minimum absolute atomic E-state index is 0.0284. The Morgan fingerprint density at radius 3 is 2.73 bits per heavy atom. The Morgan fingerprint density at radius 1 is 1.20 bits per heavy atom. The van der Waals surface area contributed by atoms with Crippen molar-refractivity contribution < 1.29 is 14.0 Å². The first kappa shape index (κ1) is 19.9. The zero-order valence-electron chi connectivity index (χ0n) is 16.4. The molecular weight excluding hydrogens is 423 g/mol. The average molecular weight is 445 g/mol. The van der Waals surface area contributed by atoms with E-state index >= 15 is 0 Å². The predicted molar refractivity (Wildman–Crippen MR) is 117 cm³/mol. The third-order valence-corrected chi connectivity index (χ3v) is 8.20. The Bertz CT molecular complexity index is 1030. The molecule has 4 nitrogen and oxygen atoms in total. The molecule has 1 saturated heterocycles. The van der Waals surface area contributed by atoms with Gasteiger partial charge in [0, 0.05) is 28.8 Å². The van der Waals surface area contributed by atoms with E-state index in [9.17, 15) is 14.0 Å². The molecule has 2 amide bonds. The molecule has 30 heavy (non-hydrogen) atoms. The number of rotatable bonds is 3. The van der Waals surface area contributed by atoms with Gasteiger partial charge in [0.15, 0.2) is 4.87 Å². The number of hydrogen-bond donors (Lipinski definition) is 0. The first-order chi connectivity index (χ1) is 14.5. The van der Waals surface area contributed by atoms with Crippen LogP contribution in [0.15, 0.2) is 42.5 Å². The Kier molecular flexibility index (Phi) is 5.02. The van der Waals surface area contributed by atoms with E-state index in [1.54, 1.807) is 21.9 Å². The van der Waals surface area contributed by atoms with Crippen molar-refractivity contribution in [3.63, 3.8) is 0 Å². The number of halogens is 2. The van der Waals surface area contributed by atoms with Gasteiger partial charge in [-0.05, 0) is 42.7 Å². The lowest BCUT2D eigenvalue weighted by atomic mass is 10.0. The highest BCUT2D eigenvalue weighted by Gasteiger charge is 2.60. The van der Waals surface area contributed by atoms with Crippen molar-refractivity contribution in [2.45, 2.75) is 37.1 Å². The van der Waals surface area contributed by atoms with Crippen LogP contribution >= 0.6 is 23.4 Å². The molecule has 5 rings (SSSR count). The number of fused-ring (bicyclic) bond motifs is 2. The molecule has 0 aromatic heterocycles. The number of hydrogen-bond acceptors (Lipinski definition) is 3. The van der Waals surface area contributed by atoms with Gasteiger partial charge in [-0.25, -0.2) is 4.39 Å². The molecule has 2 aromatic rings. The first-order valence-corrected chi connectivity index (χ1v) is 11.7. The second kappa shape index (κ2) is 7.57. The molecule has 2 aromatic carbocycles. The van der Waals surface area contributed by atoms with Crippen LogP contribution in [0.1, 0.15) is 36.8 Å². The predicted octanol–water partition coefficient (Wildman–Crippen LogP) is 4.94. The molecule has 2 heterocycles. The van der Waals surface area contributed by atoms with E-state index in [0.29, 0.717) is 28.6 Å². The minimum atomic E-state index is -1.18. The molecule has 0 unspecified atom stereocenters. The molecule has 7 heteroatoms. The fourth-order valence-electron chi connectivity index (χ4n) is 4.96. The first-order valence-electron chi connectivity index (χ1n) is 10.3. The van der Waals surface area contributed by atoms with Crippen LogP contribution in [-0.4, -0.2) is 29.0 Å². The highest BCUT2D eigenvalue weighted by molar-refractivity contribution is 8.01. The molecule has 2 aliphatic heterocycles. The van der Waals surface area contributed by atoms with Gasteiger partial charge in [-0.1, -0.05) is 42.6 Å². The lowest BCUT2D eigenvalue weighted by molar-refractivity contribution is -0.143. The highest BCUT2D eigenvalue weighted by atomic mass is 35.5. The van der Waals surface area contributed by atoms with E-state index in [2.05, 4.69) is 0 Å². The molecule has 3 aliphatic rings. The van der Waals surface area contributed by atoms with E-state index in [4.69, 9.17) is 11.6 Å². The molecule has 156 valence electrons. The number of carbonyl (C=O) groups excluding carboxylic acids is 2. The summed E-state index contributed by atoms with van der Waals surface area (Å²) >= 11 is 7.79. The summed E-state index contributed by atoms with van der Waals surface area (Å²) in [6.45, 7) is 0.784. The summed E-state index contributed by atoms with van der Waals surface area (Å²) in [5, 5.41) is 0.577. The van der Waals surface area contributed by atoms with Gasteiger partial charge in [-0.15, -0.1) is 11.8 Å². The Balaban J connectivity index is 1.59. The molecule has 1 saturated carbocycles. The fourth-order valence-corrected chi connectivity index (χ4v) is 6.61. The molecular formula is C23H22ClFN2O2S. The zero-order valence-corrected chi connectivity index (χ0v) is 18.0. The third-order valence-electron chi connectivity index (χ3n) is 6.41. The van der Waals surface area contributed by atoms with Crippen LogP contribution in [0, 0.1) is 11.7 Å². The Hall–Kier alpha value is -2.05. The molecule has 1 spiro atoms. The average Bonchev–Trinajstić information content (AvgIpc) is 3.47. The molecule has 0 N–H and O–H groups in total. The number of benzene rings is 2. The van der Waals surface area contributed by atoms with Crippen LogP contribution in [-0.2, 0) is 21.0 Å². The minimum Gasteiger partial charge on any atom is -0.315 e. The van der Waals surface area contributed by atoms with Crippen LogP contribution in [0.2, 0.25) is 5.02 Å². The van der Waals surface area contributed by atoms with Crippen molar-refractivity contribution in [2.75, 3.05) is 17.2 Å². The van der Waals surface area contributed by atoms with Crippen molar-refractivity contribution >= 4 is 40.9 Å². The van der Waals surface area contributed by atoms with Crippen LogP contribution in [0.4, 0.5) is 10.1 Å². The van der Waals surface area contributed by atoms with Crippen molar-refractivity contribution in [2.24, 2.45) is 5.92 Å². The number of thioether (sulfide) groups is 1. The van der Waals surface area contributed by atoms with E-state index in [1.807, 2.05) is 18.2 Å². The number of anilines is 1. The zero-order chi connectivity index (χ0) is 20.9. The maximum atomic E-state index is 14.3. The van der Waals surface area contributed by atoms with Gasteiger partial charge in [0.25, 0.3) is 5.91 Å². The van der Waals surface area contributed by atoms with Crippen LogP contribution in [0.25, 0.3) is 0 Å². The monoisotopic (exact) mass is 444 g/mol. The van der Waals surface area contributed by atoms with Crippen LogP contribution < -0.4 is 4.90 Å². The van der Waals surface area contributed by atoms with Crippen molar-refractivity contribution in [1.82, 2.24) is 4.90 Å². The largest absolute Gasteiger partial charge is 0.315 e. The maximum Gasteiger partial charge on any atom is 0.268 e. The second-order valence-electron chi connectivity index (χ2n) is 8.11. The summed E-state index contributed by atoms with van der Waals surface area (Å²) in [5.74, 6) is 0.0573. The van der Waals surface area contributed by atoms with E-state index in [0.717, 1.165) is 31.2 Å². The fraction of sp³-hybridized carbons (Fsp3) is 0.391. The topological polar surface area (TPSA) is 40.6 Å². The summed E-state index contributed by atoms with van der Waals surface area (Å²) in [5.41, 5.74) is 2.05. The Morgan fingerprint density at radius 2 is 1.97 bits per heavy atom. The molecule has 2 fully saturated rings. The summed E-state index contributed by atoms with van der Waals surface area (Å²) in [6.07, 6.45) is 3.82. The number of amides is 2. The normalized spacial score (nSPS) is 23.6. The summed E-state index contributed by atoms with van der Waals surface area (Å²) in [7, 11) is 0. The molecule has 1 aliphatic carbocycles.